The molecule has 2 heterocycles. The molecule has 6 nitrogen and oxygen atoms in total. The molecule has 1 atom stereocenters. The van der Waals surface area contributed by atoms with Gasteiger partial charge in [-0.1, -0.05) is 0 Å². The molecule has 1 aliphatic rings. The van der Waals surface area contributed by atoms with Gasteiger partial charge in [-0.2, -0.15) is 0 Å². The Balaban J connectivity index is 2.01. The Kier molecular flexibility index (Phi) is 5.58. The number of methoxy groups -OCH3 is 1. The Morgan fingerprint density at radius 2 is 2.20 bits per heavy atom. The molecule has 6 heteroatoms. The summed E-state index contributed by atoms with van der Waals surface area (Å²) < 4.78 is 15.9. The molecule has 20 heavy (non-hydrogen) atoms. The van der Waals surface area contributed by atoms with Crippen molar-refractivity contribution in [3.8, 4) is 0 Å². The van der Waals surface area contributed by atoms with Gasteiger partial charge in [0.2, 0.25) is 5.91 Å². The van der Waals surface area contributed by atoms with Crippen LogP contribution in [-0.4, -0.2) is 57.4 Å². The molecule has 0 bridgehead atoms. The number of ether oxygens (including phenoxy) is 2. The minimum absolute atomic E-state index is 0.0356. The number of hydrogen-bond acceptors (Lipinski definition) is 5. The Labute approximate surface area is 119 Å². The zero-order chi connectivity index (χ0) is 14.4. The lowest BCUT2D eigenvalue weighted by Crippen LogP contribution is -2.44. The van der Waals surface area contributed by atoms with Crippen molar-refractivity contribution in [2.75, 3.05) is 46.6 Å². The second-order valence-electron chi connectivity index (χ2n) is 4.85. The van der Waals surface area contributed by atoms with Gasteiger partial charge in [-0.05, 0) is 19.1 Å². The molecule has 1 amide bonds. The van der Waals surface area contributed by atoms with Gasteiger partial charge in [-0.25, -0.2) is 0 Å². The largest absolute Gasteiger partial charge is 0.465 e. The highest BCUT2D eigenvalue weighted by Crippen LogP contribution is 2.23. The molecule has 0 saturated carbocycles. The number of hydrogen-bond donors (Lipinski definition) is 1. The van der Waals surface area contributed by atoms with E-state index in [1.165, 1.54) is 7.11 Å². The van der Waals surface area contributed by atoms with Crippen LogP contribution in [0.4, 0.5) is 0 Å². The summed E-state index contributed by atoms with van der Waals surface area (Å²) in [6.07, 6.45) is 0. The maximum atomic E-state index is 11.6. The number of nitrogens with zero attached hydrogens (tertiary/aromatic N) is 1. The van der Waals surface area contributed by atoms with E-state index in [1.54, 1.807) is 0 Å². The predicted octanol–water partition coefficient (Wildman–Crippen LogP) is 0.724. The number of rotatable bonds is 6. The normalized spacial score (nSPS) is 17.9. The van der Waals surface area contributed by atoms with E-state index in [2.05, 4.69) is 10.2 Å². The second-order valence-corrected chi connectivity index (χ2v) is 4.85. The Hall–Kier alpha value is -1.37. The minimum Gasteiger partial charge on any atom is -0.465 e. The van der Waals surface area contributed by atoms with Crippen LogP contribution in [0.5, 0.6) is 0 Å². The summed E-state index contributed by atoms with van der Waals surface area (Å²) in [4.78, 5) is 13.8. The Morgan fingerprint density at radius 3 is 2.80 bits per heavy atom. The van der Waals surface area contributed by atoms with Crippen LogP contribution < -0.4 is 5.32 Å². The fraction of sp³-hybridized carbons (Fsp3) is 0.643. The highest BCUT2D eigenvalue weighted by molar-refractivity contribution is 5.77. The monoisotopic (exact) mass is 282 g/mol. The van der Waals surface area contributed by atoms with Crippen LogP contribution in [0.3, 0.4) is 0 Å². The van der Waals surface area contributed by atoms with E-state index < -0.39 is 0 Å². The Morgan fingerprint density at radius 1 is 1.45 bits per heavy atom. The smallest absolute Gasteiger partial charge is 0.246 e. The molecular formula is C14H22N2O4. The van der Waals surface area contributed by atoms with Crippen LogP contribution >= 0.6 is 0 Å². The number of morpholine rings is 1. The second kappa shape index (κ2) is 7.42. The molecule has 1 N–H and O–H groups in total. The number of amides is 1. The molecule has 0 aromatic carbocycles. The third-order valence-corrected chi connectivity index (χ3v) is 3.34. The number of carbonyl (C=O) groups excluding carboxylic acids is 1. The van der Waals surface area contributed by atoms with Gasteiger partial charge in [-0.15, -0.1) is 0 Å². The van der Waals surface area contributed by atoms with Crippen molar-refractivity contribution in [2.24, 2.45) is 0 Å². The zero-order valence-corrected chi connectivity index (χ0v) is 12.1. The van der Waals surface area contributed by atoms with Gasteiger partial charge >= 0.3 is 0 Å². The average molecular weight is 282 g/mol. The van der Waals surface area contributed by atoms with Crippen molar-refractivity contribution in [3.63, 3.8) is 0 Å². The summed E-state index contributed by atoms with van der Waals surface area (Å²) in [6.45, 7) is 5.60. The summed E-state index contributed by atoms with van der Waals surface area (Å²) in [5.74, 6) is 1.64. The van der Waals surface area contributed by atoms with E-state index in [0.29, 0.717) is 19.8 Å². The fourth-order valence-electron chi connectivity index (χ4n) is 2.32. The van der Waals surface area contributed by atoms with Crippen molar-refractivity contribution >= 4 is 5.91 Å². The molecule has 112 valence electrons. The first-order valence-corrected chi connectivity index (χ1v) is 6.84. The molecule has 2 rings (SSSR count). The molecular weight excluding hydrogens is 260 g/mol. The quantitative estimate of drug-likeness (QED) is 0.833. The van der Waals surface area contributed by atoms with E-state index in [4.69, 9.17) is 13.9 Å². The van der Waals surface area contributed by atoms with E-state index in [1.807, 2.05) is 19.1 Å². The summed E-state index contributed by atoms with van der Waals surface area (Å²) in [5.41, 5.74) is 0. The van der Waals surface area contributed by atoms with Crippen LogP contribution in [0, 0.1) is 6.92 Å². The van der Waals surface area contributed by atoms with Gasteiger partial charge in [0.1, 0.15) is 18.1 Å². The van der Waals surface area contributed by atoms with Gasteiger partial charge in [-0.3, -0.25) is 9.69 Å². The lowest BCUT2D eigenvalue weighted by molar-refractivity contribution is -0.125. The van der Waals surface area contributed by atoms with Crippen molar-refractivity contribution in [2.45, 2.75) is 13.0 Å². The van der Waals surface area contributed by atoms with Crippen LogP contribution in [0.15, 0.2) is 16.5 Å². The molecule has 1 fully saturated rings. The summed E-state index contributed by atoms with van der Waals surface area (Å²) in [6, 6.07) is 3.95. The summed E-state index contributed by atoms with van der Waals surface area (Å²) in [7, 11) is 1.51. The molecule has 1 aromatic heterocycles. The minimum atomic E-state index is -0.117. The third-order valence-electron chi connectivity index (χ3n) is 3.34. The van der Waals surface area contributed by atoms with Crippen LogP contribution in [0.1, 0.15) is 17.6 Å². The van der Waals surface area contributed by atoms with E-state index in [9.17, 15) is 4.79 Å². The molecule has 0 aliphatic carbocycles. The summed E-state index contributed by atoms with van der Waals surface area (Å²) >= 11 is 0. The highest BCUT2D eigenvalue weighted by atomic mass is 16.5. The molecule has 0 spiro atoms. The van der Waals surface area contributed by atoms with Gasteiger partial charge in [0, 0.05) is 26.7 Å². The lowest BCUT2D eigenvalue weighted by atomic mass is 10.1. The standard InChI is InChI=1S/C14H22N2O4/c1-11-3-4-13(20-11)12(9-15-14(17)10-18-2)16-5-7-19-8-6-16/h3-4,12H,5-10H2,1-2H3,(H,15,17). The molecule has 1 saturated heterocycles. The molecule has 1 aromatic rings. The number of aryl methyl sites for hydroxylation is 1. The first-order chi connectivity index (χ1) is 9.70. The van der Waals surface area contributed by atoms with E-state index in [0.717, 1.165) is 24.6 Å². The van der Waals surface area contributed by atoms with Crippen molar-refractivity contribution in [1.29, 1.82) is 0 Å². The molecule has 0 radical (unpaired) electrons. The van der Waals surface area contributed by atoms with Crippen molar-refractivity contribution < 1.29 is 18.7 Å². The van der Waals surface area contributed by atoms with Gasteiger partial charge in [0.05, 0.1) is 19.3 Å². The third kappa shape index (κ3) is 4.06. The lowest BCUT2D eigenvalue weighted by Gasteiger charge is -2.33. The van der Waals surface area contributed by atoms with E-state index in [-0.39, 0.29) is 18.6 Å². The van der Waals surface area contributed by atoms with Gasteiger partial charge < -0.3 is 19.2 Å². The maximum Gasteiger partial charge on any atom is 0.246 e. The van der Waals surface area contributed by atoms with Crippen LogP contribution in [0.25, 0.3) is 0 Å². The topological polar surface area (TPSA) is 63.9 Å². The SMILES string of the molecule is COCC(=O)NCC(c1ccc(C)o1)N1CCOCC1. The number of furan rings is 1. The molecule has 1 unspecified atom stereocenters. The van der Waals surface area contributed by atoms with Crippen LogP contribution in [0.2, 0.25) is 0 Å². The number of carbonyl (C=O) groups is 1. The van der Waals surface area contributed by atoms with Gasteiger partial charge in [0.15, 0.2) is 0 Å². The average Bonchev–Trinajstić information content (AvgIpc) is 2.87. The first-order valence-electron chi connectivity index (χ1n) is 6.84. The predicted molar refractivity (Wildman–Crippen MR) is 73.5 cm³/mol. The number of nitrogens with one attached hydrogen (secondary N) is 1. The first kappa shape index (κ1) is 15.0. The highest BCUT2D eigenvalue weighted by Gasteiger charge is 2.25. The zero-order valence-electron chi connectivity index (χ0n) is 12.1. The Bertz CT molecular complexity index is 427. The van der Waals surface area contributed by atoms with Crippen molar-refractivity contribution in [3.05, 3.63) is 23.7 Å². The maximum absolute atomic E-state index is 11.6. The fourth-order valence-corrected chi connectivity index (χ4v) is 2.32. The van der Waals surface area contributed by atoms with E-state index >= 15 is 0 Å². The molecule has 1 aliphatic heterocycles. The van der Waals surface area contributed by atoms with Gasteiger partial charge in [0.25, 0.3) is 0 Å². The summed E-state index contributed by atoms with van der Waals surface area (Å²) in [5, 5.41) is 2.88. The van der Waals surface area contributed by atoms with Crippen LogP contribution in [-0.2, 0) is 14.3 Å². The van der Waals surface area contributed by atoms with Crippen molar-refractivity contribution in [1.82, 2.24) is 10.2 Å².